The van der Waals surface area contributed by atoms with Crippen LogP contribution < -0.4 is 10.5 Å². The zero-order valence-corrected chi connectivity index (χ0v) is 16.2. The van der Waals surface area contributed by atoms with Crippen molar-refractivity contribution in [3.63, 3.8) is 0 Å². The molecule has 162 valence electrons. The smallest absolute Gasteiger partial charge is 0.164 e. The number of rotatable bonds is 4. The number of pyridine rings is 1. The van der Waals surface area contributed by atoms with Crippen molar-refractivity contribution in [1.29, 1.82) is 0 Å². The molecule has 0 saturated carbocycles. The van der Waals surface area contributed by atoms with Gasteiger partial charge in [0.15, 0.2) is 6.23 Å². The summed E-state index contributed by atoms with van der Waals surface area (Å²) >= 11 is 0. The van der Waals surface area contributed by atoms with Crippen LogP contribution in [0.15, 0.2) is 49.1 Å². The first-order valence-corrected chi connectivity index (χ1v) is 9.59. The highest BCUT2D eigenvalue weighted by Gasteiger charge is 2.44. The van der Waals surface area contributed by atoms with Crippen molar-refractivity contribution in [2.75, 3.05) is 12.3 Å². The van der Waals surface area contributed by atoms with Crippen molar-refractivity contribution in [3.8, 4) is 5.75 Å². The maximum absolute atomic E-state index is 10.6. The van der Waals surface area contributed by atoms with E-state index in [-0.39, 0.29) is 14.0 Å². The van der Waals surface area contributed by atoms with Gasteiger partial charge in [-0.05, 0) is 30.7 Å². The van der Waals surface area contributed by atoms with Crippen LogP contribution in [0, 0.1) is 6.92 Å². The van der Waals surface area contributed by atoms with Gasteiger partial charge in [0.25, 0.3) is 0 Å². The number of nitrogen functional groups attached to an aromatic ring is 1. The van der Waals surface area contributed by atoms with Gasteiger partial charge in [0.1, 0.15) is 48.5 Å². The molecule has 4 atom stereocenters. The predicted octanol–water partition coefficient (Wildman–Crippen LogP) is 2.20. The second kappa shape index (κ2) is 8.10. The summed E-state index contributed by atoms with van der Waals surface area (Å²) in [6.45, 7) is 1.95. The topological polar surface area (TPSA) is 129 Å². The average molecular weight is 423 g/mol. The van der Waals surface area contributed by atoms with Gasteiger partial charge in [-0.1, -0.05) is 13.5 Å². The Morgan fingerprint density at radius 1 is 1.16 bits per heavy atom. The normalized spacial score (nSPS) is 23.2. The molecule has 3 aromatic heterocycles. The van der Waals surface area contributed by atoms with E-state index in [9.17, 15) is 10.2 Å². The van der Waals surface area contributed by atoms with E-state index in [1.807, 2.05) is 37.3 Å². The SMILES string of the molecule is C.Cc1cn([C@@H]2O[C@H](COc3ccc4cccnc4c3)[C@@H](O)[C@H]2O)c2ncnc(N)c12. The fourth-order valence-corrected chi connectivity index (χ4v) is 3.90. The fourth-order valence-electron chi connectivity index (χ4n) is 3.90. The highest BCUT2D eigenvalue weighted by atomic mass is 16.6. The third-order valence-electron chi connectivity index (χ3n) is 5.43. The third kappa shape index (κ3) is 3.56. The van der Waals surface area contributed by atoms with Crippen molar-refractivity contribution < 1.29 is 19.7 Å². The number of aliphatic hydroxyl groups is 2. The van der Waals surface area contributed by atoms with Crippen LogP contribution in [0.4, 0.5) is 5.82 Å². The van der Waals surface area contributed by atoms with Crippen LogP contribution in [-0.4, -0.2) is 54.7 Å². The summed E-state index contributed by atoms with van der Waals surface area (Å²) in [7, 11) is 0. The molecule has 0 radical (unpaired) electrons. The van der Waals surface area contributed by atoms with Gasteiger partial charge in [0.05, 0.1) is 10.9 Å². The number of nitrogens with zero attached hydrogens (tertiary/aromatic N) is 4. The minimum absolute atomic E-state index is 0. The molecule has 0 spiro atoms. The maximum atomic E-state index is 10.6. The van der Waals surface area contributed by atoms with E-state index in [4.69, 9.17) is 15.2 Å². The van der Waals surface area contributed by atoms with Crippen LogP contribution in [0.5, 0.6) is 5.75 Å². The second-order valence-corrected chi connectivity index (χ2v) is 7.39. The summed E-state index contributed by atoms with van der Waals surface area (Å²) in [5.41, 5.74) is 8.18. The van der Waals surface area contributed by atoms with Gasteiger partial charge in [-0.2, -0.15) is 0 Å². The number of anilines is 1. The van der Waals surface area contributed by atoms with E-state index in [2.05, 4.69) is 15.0 Å². The molecule has 0 bridgehead atoms. The quantitative estimate of drug-likeness (QED) is 0.456. The van der Waals surface area contributed by atoms with E-state index in [0.29, 0.717) is 22.6 Å². The van der Waals surface area contributed by atoms with Gasteiger partial charge in [0.2, 0.25) is 0 Å². The molecule has 0 amide bonds. The summed E-state index contributed by atoms with van der Waals surface area (Å²) in [6.07, 6.45) is 1.05. The number of aryl methyl sites for hydroxylation is 1. The van der Waals surface area contributed by atoms with Crippen LogP contribution in [0.2, 0.25) is 0 Å². The summed E-state index contributed by atoms with van der Waals surface area (Å²) < 4.78 is 13.5. The molecule has 31 heavy (non-hydrogen) atoms. The van der Waals surface area contributed by atoms with Crippen LogP contribution in [-0.2, 0) is 4.74 Å². The molecule has 1 saturated heterocycles. The van der Waals surface area contributed by atoms with Crippen LogP contribution in [0.3, 0.4) is 0 Å². The molecule has 9 heteroatoms. The number of fused-ring (bicyclic) bond motifs is 2. The Hall–Kier alpha value is -3.27. The van der Waals surface area contributed by atoms with Gasteiger partial charge >= 0.3 is 0 Å². The van der Waals surface area contributed by atoms with Crippen molar-refractivity contribution in [1.82, 2.24) is 19.5 Å². The van der Waals surface area contributed by atoms with E-state index in [0.717, 1.165) is 16.5 Å². The zero-order valence-electron chi connectivity index (χ0n) is 16.2. The minimum atomic E-state index is -1.15. The number of hydrogen-bond acceptors (Lipinski definition) is 8. The van der Waals surface area contributed by atoms with E-state index >= 15 is 0 Å². The molecule has 0 aliphatic carbocycles. The van der Waals surface area contributed by atoms with Crippen molar-refractivity contribution in [3.05, 3.63) is 54.6 Å². The standard InChI is InChI=1S/C21H21N5O4.CH4/c1-11-8-26(20-16(11)19(22)24-10-25-20)21-18(28)17(27)15(30-21)9-29-13-5-4-12-3-2-6-23-14(12)7-13;/h2-8,10,15,17-18,21,27-28H,9H2,1H3,(H2,22,24,25);1H4/t15-,17-,18-,21-;/m1./s1. The lowest BCUT2D eigenvalue weighted by Crippen LogP contribution is -2.34. The molecule has 4 aromatic rings. The number of ether oxygens (including phenoxy) is 2. The Balaban J connectivity index is 0.00000231. The van der Waals surface area contributed by atoms with Crippen molar-refractivity contribution >= 4 is 27.8 Å². The monoisotopic (exact) mass is 423 g/mol. The molecule has 9 nitrogen and oxygen atoms in total. The van der Waals surface area contributed by atoms with Crippen molar-refractivity contribution in [2.24, 2.45) is 0 Å². The van der Waals surface area contributed by atoms with Crippen molar-refractivity contribution in [2.45, 2.75) is 38.9 Å². The molecule has 1 aliphatic rings. The molecule has 0 unspecified atom stereocenters. The molecule has 5 rings (SSSR count). The van der Waals surface area contributed by atoms with E-state index in [1.165, 1.54) is 6.33 Å². The molecular formula is C22H25N5O4. The third-order valence-corrected chi connectivity index (χ3v) is 5.43. The molecule has 4 heterocycles. The molecule has 1 aromatic carbocycles. The first kappa shape index (κ1) is 21.0. The largest absolute Gasteiger partial charge is 0.491 e. The van der Waals surface area contributed by atoms with Gasteiger partial charge < -0.3 is 30.0 Å². The summed E-state index contributed by atoms with van der Waals surface area (Å²) in [5.74, 6) is 0.965. The highest BCUT2D eigenvalue weighted by molar-refractivity contribution is 5.89. The lowest BCUT2D eigenvalue weighted by Gasteiger charge is -2.17. The first-order chi connectivity index (χ1) is 14.5. The minimum Gasteiger partial charge on any atom is -0.491 e. The number of aromatic nitrogens is 4. The van der Waals surface area contributed by atoms with Crippen LogP contribution in [0.1, 0.15) is 19.2 Å². The number of benzene rings is 1. The van der Waals surface area contributed by atoms with Gasteiger partial charge in [-0.3, -0.25) is 4.98 Å². The first-order valence-electron chi connectivity index (χ1n) is 9.59. The summed E-state index contributed by atoms with van der Waals surface area (Å²) in [6, 6.07) is 9.42. The van der Waals surface area contributed by atoms with Gasteiger partial charge in [-0.15, -0.1) is 0 Å². The van der Waals surface area contributed by atoms with Gasteiger partial charge in [-0.25, -0.2) is 9.97 Å². The molecular weight excluding hydrogens is 398 g/mol. The Morgan fingerprint density at radius 3 is 2.84 bits per heavy atom. The number of nitrogens with two attached hydrogens (primary N) is 1. The lowest BCUT2D eigenvalue weighted by atomic mass is 10.1. The Kier molecular flexibility index (Phi) is 5.48. The zero-order chi connectivity index (χ0) is 20.8. The second-order valence-electron chi connectivity index (χ2n) is 7.39. The Morgan fingerprint density at radius 2 is 2.00 bits per heavy atom. The van der Waals surface area contributed by atoms with Crippen LogP contribution >= 0.6 is 0 Å². The number of hydrogen-bond donors (Lipinski definition) is 3. The molecule has 4 N–H and O–H groups in total. The van der Waals surface area contributed by atoms with E-state index in [1.54, 1.807) is 17.0 Å². The summed E-state index contributed by atoms with van der Waals surface area (Å²) in [5, 5.41) is 22.9. The predicted molar refractivity (Wildman–Crippen MR) is 117 cm³/mol. The Labute approximate surface area is 179 Å². The molecule has 1 aliphatic heterocycles. The highest BCUT2D eigenvalue weighted by Crippen LogP contribution is 2.34. The van der Waals surface area contributed by atoms with E-state index < -0.39 is 24.5 Å². The van der Waals surface area contributed by atoms with Crippen LogP contribution in [0.25, 0.3) is 21.9 Å². The average Bonchev–Trinajstić information content (AvgIpc) is 3.24. The lowest BCUT2D eigenvalue weighted by molar-refractivity contribution is -0.0472. The maximum Gasteiger partial charge on any atom is 0.164 e. The Bertz CT molecular complexity index is 1230. The fraction of sp³-hybridized carbons (Fsp3) is 0.318. The number of aliphatic hydroxyl groups excluding tert-OH is 2. The van der Waals surface area contributed by atoms with Gasteiger partial charge in [0, 0.05) is 23.8 Å². The molecule has 1 fully saturated rings. The summed E-state index contributed by atoms with van der Waals surface area (Å²) in [4.78, 5) is 12.6.